The van der Waals surface area contributed by atoms with E-state index < -0.39 is 0 Å². The van der Waals surface area contributed by atoms with Crippen molar-refractivity contribution in [3.05, 3.63) is 88.7 Å². The lowest BCUT2D eigenvalue weighted by atomic mass is 10.1. The van der Waals surface area contributed by atoms with Gasteiger partial charge in [0.1, 0.15) is 5.69 Å². The average molecular weight is 378 g/mol. The molecular formula is C22H20ClN3O. The minimum atomic E-state index is -0.0751. The van der Waals surface area contributed by atoms with Crippen LogP contribution in [0.2, 0.25) is 5.02 Å². The molecule has 1 amide bonds. The summed E-state index contributed by atoms with van der Waals surface area (Å²) in [5.74, 6) is -0.0751. The molecule has 0 saturated heterocycles. The molecule has 1 unspecified atom stereocenters. The summed E-state index contributed by atoms with van der Waals surface area (Å²) in [7, 11) is 0. The fourth-order valence-corrected chi connectivity index (χ4v) is 3.70. The summed E-state index contributed by atoms with van der Waals surface area (Å²) in [5, 5.41) is 4.04. The van der Waals surface area contributed by atoms with Crippen LogP contribution in [0.1, 0.15) is 28.5 Å². The van der Waals surface area contributed by atoms with Crippen molar-refractivity contribution in [3.8, 4) is 0 Å². The van der Waals surface area contributed by atoms with Crippen LogP contribution < -0.4 is 10.2 Å². The van der Waals surface area contributed by atoms with Crippen molar-refractivity contribution < 1.29 is 4.79 Å². The topological polar surface area (TPSA) is 45.2 Å². The van der Waals surface area contributed by atoms with Gasteiger partial charge in [0.15, 0.2) is 0 Å². The number of para-hydroxylation sites is 1. The maximum Gasteiger partial charge on any atom is 0.277 e. The first-order valence-electron chi connectivity index (χ1n) is 8.98. The number of nitrogens with one attached hydrogen (secondary N) is 1. The third kappa shape index (κ3) is 3.53. The minimum Gasteiger partial charge on any atom is -0.381 e. The molecule has 0 bridgehead atoms. The Labute approximate surface area is 163 Å². The van der Waals surface area contributed by atoms with Gasteiger partial charge in [-0.3, -0.25) is 9.78 Å². The van der Waals surface area contributed by atoms with Crippen molar-refractivity contribution in [3.63, 3.8) is 0 Å². The molecule has 1 aliphatic rings. The summed E-state index contributed by atoms with van der Waals surface area (Å²) in [6, 6.07) is 19.5. The Balaban J connectivity index is 1.54. The molecule has 0 aliphatic carbocycles. The van der Waals surface area contributed by atoms with Gasteiger partial charge in [0.2, 0.25) is 0 Å². The Morgan fingerprint density at radius 1 is 1.19 bits per heavy atom. The molecule has 1 atom stereocenters. The standard InChI is InChI=1S/C22H20ClN3O/c1-15-12-16-6-3-5-9-21(16)26(15)22(27)20-13-18(10-11-24-20)25-14-17-7-2-4-8-19(17)23/h2-11,13,15H,12,14H2,1H3,(H,24,25). The van der Waals surface area contributed by atoms with Crippen LogP contribution in [-0.2, 0) is 13.0 Å². The lowest BCUT2D eigenvalue weighted by Gasteiger charge is -2.22. The summed E-state index contributed by atoms with van der Waals surface area (Å²) < 4.78 is 0. The first kappa shape index (κ1) is 17.6. The van der Waals surface area contributed by atoms with Gasteiger partial charge in [-0.05, 0) is 48.7 Å². The largest absolute Gasteiger partial charge is 0.381 e. The predicted octanol–water partition coefficient (Wildman–Crippen LogP) is 4.94. The molecule has 0 spiro atoms. The SMILES string of the molecule is CC1Cc2ccccc2N1C(=O)c1cc(NCc2ccccc2Cl)ccn1. The summed E-state index contributed by atoms with van der Waals surface area (Å²) in [5.41, 5.74) is 4.46. The minimum absolute atomic E-state index is 0.0751. The van der Waals surface area contributed by atoms with E-state index in [4.69, 9.17) is 11.6 Å². The second-order valence-corrected chi connectivity index (χ2v) is 7.14. The van der Waals surface area contributed by atoms with E-state index >= 15 is 0 Å². The third-order valence-corrected chi connectivity index (χ3v) is 5.21. The van der Waals surface area contributed by atoms with Crippen molar-refractivity contribution >= 4 is 28.9 Å². The summed E-state index contributed by atoms with van der Waals surface area (Å²) in [6.07, 6.45) is 2.53. The predicted molar refractivity (Wildman–Crippen MR) is 109 cm³/mol. The van der Waals surface area contributed by atoms with Crippen molar-refractivity contribution in [2.75, 3.05) is 10.2 Å². The summed E-state index contributed by atoms with van der Waals surface area (Å²) in [4.78, 5) is 19.3. The average Bonchev–Trinajstić information content (AvgIpc) is 3.02. The van der Waals surface area contributed by atoms with Crippen LogP contribution in [0.15, 0.2) is 66.9 Å². The molecule has 2 heterocycles. The number of halogens is 1. The molecule has 4 nitrogen and oxygen atoms in total. The number of carbonyl (C=O) groups excluding carboxylic acids is 1. The number of rotatable bonds is 4. The molecule has 2 aromatic carbocycles. The van der Waals surface area contributed by atoms with Gasteiger partial charge in [0.25, 0.3) is 5.91 Å². The first-order valence-corrected chi connectivity index (χ1v) is 9.36. The van der Waals surface area contributed by atoms with Gasteiger partial charge in [-0.15, -0.1) is 0 Å². The Hall–Kier alpha value is -2.85. The third-order valence-electron chi connectivity index (χ3n) is 4.85. The van der Waals surface area contributed by atoms with Crippen molar-refractivity contribution in [2.24, 2.45) is 0 Å². The molecular weight excluding hydrogens is 358 g/mol. The van der Waals surface area contributed by atoms with E-state index in [9.17, 15) is 4.79 Å². The Kier molecular flexibility index (Phi) is 4.82. The Bertz CT molecular complexity index is 989. The molecule has 1 aromatic heterocycles. The molecule has 3 aromatic rings. The molecule has 27 heavy (non-hydrogen) atoms. The molecule has 1 aliphatic heterocycles. The maximum atomic E-state index is 13.1. The van der Waals surface area contributed by atoms with Crippen LogP contribution in [0.5, 0.6) is 0 Å². The second kappa shape index (κ2) is 7.41. The van der Waals surface area contributed by atoms with E-state index in [-0.39, 0.29) is 11.9 Å². The van der Waals surface area contributed by atoms with E-state index in [0.29, 0.717) is 12.2 Å². The van der Waals surface area contributed by atoms with Gasteiger partial charge in [-0.1, -0.05) is 48.0 Å². The van der Waals surface area contributed by atoms with E-state index in [2.05, 4.69) is 23.3 Å². The van der Waals surface area contributed by atoms with Crippen LogP contribution >= 0.6 is 11.6 Å². The first-order chi connectivity index (χ1) is 13.1. The molecule has 4 rings (SSSR count). The van der Waals surface area contributed by atoms with Gasteiger partial charge in [-0.25, -0.2) is 0 Å². The molecule has 0 fully saturated rings. The van der Waals surface area contributed by atoms with Crippen LogP contribution in [0.25, 0.3) is 0 Å². The van der Waals surface area contributed by atoms with Crippen LogP contribution in [-0.4, -0.2) is 16.9 Å². The van der Waals surface area contributed by atoms with Crippen molar-refractivity contribution in [1.82, 2.24) is 4.98 Å². The van der Waals surface area contributed by atoms with Crippen LogP contribution in [0.4, 0.5) is 11.4 Å². The summed E-state index contributed by atoms with van der Waals surface area (Å²) in [6.45, 7) is 2.65. The highest BCUT2D eigenvalue weighted by molar-refractivity contribution is 6.31. The van der Waals surface area contributed by atoms with Crippen molar-refractivity contribution in [1.29, 1.82) is 0 Å². The zero-order chi connectivity index (χ0) is 18.8. The fourth-order valence-electron chi connectivity index (χ4n) is 3.49. The number of benzene rings is 2. The number of aromatic nitrogens is 1. The number of nitrogens with zero attached hydrogens (tertiary/aromatic N) is 2. The van der Waals surface area contributed by atoms with Gasteiger partial charge in [-0.2, -0.15) is 0 Å². The Morgan fingerprint density at radius 3 is 2.81 bits per heavy atom. The fraction of sp³-hybridized carbons (Fsp3) is 0.182. The number of fused-ring (bicyclic) bond motifs is 1. The lowest BCUT2D eigenvalue weighted by Crippen LogP contribution is -2.36. The lowest BCUT2D eigenvalue weighted by molar-refractivity contribution is 0.0976. The Morgan fingerprint density at radius 2 is 1.96 bits per heavy atom. The van der Waals surface area contributed by atoms with E-state index in [1.165, 1.54) is 5.56 Å². The van der Waals surface area contributed by atoms with E-state index in [1.54, 1.807) is 12.3 Å². The second-order valence-electron chi connectivity index (χ2n) is 6.73. The number of hydrogen-bond acceptors (Lipinski definition) is 3. The number of carbonyl (C=O) groups is 1. The molecule has 136 valence electrons. The highest BCUT2D eigenvalue weighted by atomic mass is 35.5. The maximum absolute atomic E-state index is 13.1. The van der Waals surface area contributed by atoms with E-state index in [1.807, 2.05) is 53.4 Å². The van der Waals surface area contributed by atoms with E-state index in [0.717, 1.165) is 28.4 Å². The van der Waals surface area contributed by atoms with Gasteiger partial charge < -0.3 is 10.2 Å². The molecule has 0 radical (unpaired) electrons. The zero-order valence-electron chi connectivity index (χ0n) is 15.0. The van der Waals surface area contributed by atoms with Crippen molar-refractivity contribution in [2.45, 2.75) is 25.9 Å². The van der Waals surface area contributed by atoms with Gasteiger partial charge in [0.05, 0.1) is 0 Å². The number of anilines is 2. The quantitative estimate of drug-likeness (QED) is 0.700. The highest BCUT2D eigenvalue weighted by Gasteiger charge is 2.31. The van der Waals surface area contributed by atoms with Crippen LogP contribution in [0, 0.1) is 0 Å². The zero-order valence-corrected chi connectivity index (χ0v) is 15.8. The number of pyridine rings is 1. The van der Waals surface area contributed by atoms with Gasteiger partial charge >= 0.3 is 0 Å². The van der Waals surface area contributed by atoms with Gasteiger partial charge in [0, 0.05) is 35.2 Å². The monoisotopic (exact) mass is 377 g/mol. The summed E-state index contributed by atoms with van der Waals surface area (Å²) >= 11 is 6.21. The number of hydrogen-bond donors (Lipinski definition) is 1. The smallest absolute Gasteiger partial charge is 0.277 e. The number of amides is 1. The molecule has 1 N–H and O–H groups in total. The molecule has 5 heteroatoms. The normalized spacial score (nSPS) is 15.5. The molecule has 0 saturated carbocycles. The van der Waals surface area contributed by atoms with Crippen LogP contribution in [0.3, 0.4) is 0 Å². The highest BCUT2D eigenvalue weighted by Crippen LogP contribution is 2.33.